The van der Waals surface area contributed by atoms with Gasteiger partial charge in [0.25, 0.3) is 6.47 Å². The molecule has 1 aliphatic rings. The Balaban J connectivity index is 0.000000396. The maximum absolute atomic E-state index is 9.60. The highest BCUT2D eigenvalue weighted by atomic mass is 28.3. The molecule has 4 nitrogen and oxygen atoms in total. The Kier molecular flexibility index (Phi) is 7.97. The number of rotatable bonds is 6. The van der Waals surface area contributed by atoms with Gasteiger partial charge in [-0.25, -0.2) is 0 Å². The SMILES string of the molecule is CC(C)(C)OC=O.CC(C)[Si](C(C)C)(C(C)C)n1ccc2cc(C3CNC3)ccc21. The lowest BCUT2D eigenvalue weighted by Crippen LogP contribution is -2.51. The number of nitrogens with one attached hydrogen (secondary N) is 1. The molecular formula is C25H42N2O2Si. The molecule has 0 saturated carbocycles. The first-order chi connectivity index (χ1) is 13.9. The van der Waals surface area contributed by atoms with Gasteiger partial charge in [0.15, 0.2) is 8.24 Å². The number of ether oxygens (including phenoxy) is 1. The molecule has 0 radical (unpaired) electrons. The molecule has 0 atom stereocenters. The Morgan fingerprint density at radius 3 is 1.97 bits per heavy atom. The van der Waals surface area contributed by atoms with Crippen LogP contribution in [-0.4, -0.2) is 37.6 Å². The van der Waals surface area contributed by atoms with Gasteiger partial charge in [-0.05, 0) is 72.7 Å². The van der Waals surface area contributed by atoms with Gasteiger partial charge in [0.05, 0.1) is 0 Å². The van der Waals surface area contributed by atoms with Crippen LogP contribution in [0.3, 0.4) is 0 Å². The molecule has 0 amide bonds. The van der Waals surface area contributed by atoms with Crippen molar-refractivity contribution in [2.75, 3.05) is 13.1 Å². The molecule has 1 aliphatic heterocycles. The van der Waals surface area contributed by atoms with Crippen LogP contribution in [0.4, 0.5) is 0 Å². The Morgan fingerprint density at radius 1 is 1.03 bits per heavy atom. The number of aromatic nitrogens is 1. The van der Waals surface area contributed by atoms with E-state index in [-0.39, 0.29) is 5.60 Å². The van der Waals surface area contributed by atoms with Gasteiger partial charge in [-0.2, -0.15) is 0 Å². The van der Waals surface area contributed by atoms with E-state index < -0.39 is 8.24 Å². The fraction of sp³-hybridized carbons (Fsp3) is 0.640. The molecule has 0 spiro atoms. The summed E-state index contributed by atoms with van der Waals surface area (Å²) in [5, 5.41) is 4.81. The second kappa shape index (κ2) is 9.69. The van der Waals surface area contributed by atoms with Crippen molar-refractivity contribution in [3.8, 4) is 0 Å². The average Bonchev–Trinajstić information content (AvgIpc) is 2.96. The fourth-order valence-corrected chi connectivity index (χ4v) is 11.9. The van der Waals surface area contributed by atoms with E-state index in [2.05, 4.69) is 86.3 Å². The van der Waals surface area contributed by atoms with Crippen molar-refractivity contribution >= 4 is 25.6 Å². The van der Waals surface area contributed by atoms with Crippen LogP contribution in [0.15, 0.2) is 30.5 Å². The molecular weight excluding hydrogens is 388 g/mol. The Bertz CT molecular complexity index is 808. The molecule has 1 N–H and O–H groups in total. The van der Waals surface area contributed by atoms with E-state index in [1.165, 1.54) is 16.5 Å². The van der Waals surface area contributed by atoms with Crippen molar-refractivity contribution in [1.82, 2.24) is 9.55 Å². The first kappa shape index (κ1) is 24.7. The first-order valence-corrected chi connectivity index (χ1v) is 13.6. The largest absolute Gasteiger partial charge is 0.462 e. The molecule has 1 fully saturated rings. The average molecular weight is 431 g/mol. The zero-order valence-corrected chi connectivity index (χ0v) is 21.5. The van der Waals surface area contributed by atoms with Gasteiger partial charge in [0.2, 0.25) is 0 Å². The zero-order valence-electron chi connectivity index (χ0n) is 20.5. The van der Waals surface area contributed by atoms with Gasteiger partial charge in [0, 0.05) is 24.5 Å². The molecule has 1 aromatic carbocycles. The minimum Gasteiger partial charge on any atom is -0.462 e. The standard InChI is InChI=1S/C20H32N2Si.C5H10O2/c1-14(2)23(15(3)4,16(5)6)22-10-9-18-11-17(7-8-20(18)22)19-12-21-13-19;1-5(2,3)7-4-6/h7-11,14-16,19,21H,12-13H2,1-6H3;4H,1-3H3. The van der Waals surface area contributed by atoms with E-state index in [4.69, 9.17) is 0 Å². The second-order valence-electron chi connectivity index (χ2n) is 10.5. The fourth-order valence-electron chi connectivity index (χ4n) is 5.26. The van der Waals surface area contributed by atoms with Crippen molar-refractivity contribution in [3.63, 3.8) is 0 Å². The summed E-state index contributed by atoms with van der Waals surface area (Å²) in [6.45, 7) is 22.8. The summed E-state index contributed by atoms with van der Waals surface area (Å²) in [4.78, 5) is 9.60. The van der Waals surface area contributed by atoms with Gasteiger partial charge < -0.3 is 14.3 Å². The van der Waals surface area contributed by atoms with Crippen LogP contribution in [-0.2, 0) is 9.53 Å². The highest BCUT2D eigenvalue weighted by Gasteiger charge is 2.45. The lowest BCUT2D eigenvalue weighted by molar-refractivity contribution is -0.138. The van der Waals surface area contributed by atoms with Gasteiger partial charge in [-0.1, -0.05) is 47.6 Å². The number of fused-ring (bicyclic) bond motifs is 1. The summed E-state index contributed by atoms with van der Waals surface area (Å²) in [6, 6.07) is 9.53. The molecule has 3 rings (SSSR count). The monoisotopic (exact) mass is 430 g/mol. The Hall–Kier alpha value is -1.59. The Morgan fingerprint density at radius 2 is 1.60 bits per heavy atom. The number of benzene rings is 1. The van der Waals surface area contributed by atoms with E-state index >= 15 is 0 Å². The van der Waals surface area contributed by atoms with Crippen LogP contribution in [0.25, 0.3) is 10.9 Å². The van der Waals surface area contributed by atoms with Crippen molar-refractivity contribution in [1.29, 1.82) is 0 Å². The maximum Gasteiger partial charge on any atom is 0.293 e. The molecule has 0 aliphatic carbocycles. The van der Waals surface area contributed by atoms with E-state index in [0.29, 0.717) is 12.4 Å². The third-order valence-electron chi connectivity index (χ3n) is 6.56. The predicted octanol–water partition coefficient (Wildman–Crippen LogP) is 6.31. The summed E-state index contributed by atoms with van der Waals surface area (Å²) in [5.41, 5.74) is 4.82. The van der Waals surface area contributed by atoms with Crippen molar-refractivity contribution in [2.24, 2.45) is 0 Å². The van der Waals surface area contributed by atoms with Crippen LogP contribution in [0, 0.1) is 0 Å². The topological polar surface area (TPSA) is 43.3 Å². The maximum atomic E-state index is 9.60. The second-order valence-corrected chi connectivity index (χ2v) is 16.3. The number of hydrogen-bond donors (Lipinski definition) is 1. The molecule has 1 saturated heterocycles. The summed E-state index contributed by atoms with van der Waals surface area (Å²) in [7, 11) is -1.65. The lowest BCUT2D eigenvalue weighted by atomic mass is 9.93. The molecule has 30 heavy (non-hydrogen) atoms. The van der Waals surface area contributed by atoms with Crippen LogP contribution < -0.4 is 5.32 Å². The molecule has 5 heteroatoms. The first-order valence-electron chi connectivity index (χ1n) is 11.4. The van der Waals surface area contributed by atoms with Crippen LogP contribution in [0.5, 0.6) is 0 Å². The van der Waals surface area contributed by atoms with E-state index in [0.717, 1.165) is 29.7 Å². The smallest absolute Gasteiger partial charge is 0.293 e. The third-order valence-corrected chi connectivity index (χ3v) is 13.3. The number of nitrogens with zero attached hydrogens (tertiary/aromatic N) is 1. The number of carbonyl (C=O) groups is 1. The minimum atomic E-state index is -1.65. The highest BCUT2D eigenvalue weighted by molar-refractivity contribution is 6.82. The van der Waals surface area contributed by atoms with Gasteiger partial charge in [-0.3, -0.25) is 4.79 Å². The summed E-state index contributed by atoms with van der Waals surface area (Å²) in [5.74, 6) is 0.713. The van der Waals surface area contributed by atoms with Crippen molar-refractivity contribution in [2.45, 2.75) is 90.5 Å². The van der Waals surface area contributed by atoms with Crippen molar-refractivity contribution < 1.29 is 9.53 Å². The quantitative estimate of drug-likeness (QED) is 0.431. The van der Waals surface area contributed by atoms with E-state index in [1.807, 2.05) is 20.8 Å². The normalized spacial score (nSPS) is 15.3. The molecule has 2 aromatic rings. The summed E-state index contributed by atoms with van der Waals surface area (Å²) >= 11 is 0. The molecule has 168 valence electrons. The van der Waals surface area contributed by atoms with E-state index in [9.17, 15) is 4.79 Å². The highest BCUT2D eigenvalue weighted by Crippen LogP contribution is 2.44. The number of carbonyl (C=O) groups excluding carboxylic acids is 1. The predicted molar refractivity (Wildman–Crippen MR) is 131 cm³/mol. The van der Waals surface area contributed by atoms with Crippen LogP contribution in [0.2, 0.25) is 16.6 Å². The minimum absolute atomic E-state index is 0.318. The third kappa shape index (κ3) is 5.00. The van der Waals surface area contributed by atoms with Crippen molar-refractivity contribution in [3.05, 3.63) is 36.0 Å². The van der Waals surface area contributed by atoms with Crippen LogP contribution >= 0.6 is 0 Å². The Labute approximate surface area is 184 Å². The van der Waals surface area contributed by atoms with E-state index in [1.54, 1.807) is 0 Å². The molecule has 0 unspecified atom stereocenters. The van der Waals surface area contributed by atoms with Gasteiger partial charge in [-0.15, -0.1) is 0 Å². The zero-order chi connectivity index (χ0) is 22.7. The van der Waals surface area contributed by atoms with Gasteiger partial charge in [0.1, 0.15) is 5.60 Å². The number of hydrogen-bond acceptors (Lipinski definition) is 3. The summed E-state index contributed by atoms with van der Waals surface area (Å²) < 4.78 is 7.26. The molecule has 0 bridgehead atoms. The molecule has 1 aromatic heterocycles. The molecule has 2 heterocycles. The van der Waals surface area contributed by atoms with Gasteiger partial charge >= 0.3 is 0 Å². The summed E-state index contributed by atoms with van der Waals surface area (Å²) in [6.07, 6.45) is 2.39. The van der Waals surface area contributed by atoms with Crippen LogP contribution in [0.1, 0.15) is 73.8 Å². The lowest BCUT2D eigenvalue weighted by Gasteiger charge is -2.44.